The summed E-state index contributed by atoms with van der Waals surface area (Å²) in [6.07, 6.45) is 0. The molecule has 9 heteroatoms. The second-order valence-electron chi connectivity index (χ2n) is 7.56. The molecule has 35 heavy (non-hydrogen) atoms. The van der Waals surface area contributed by atoms with Crippen LogP contribution >= 0.6 is 34.9 Å². The number of carbonyl (C=O) groups excluding carboxylic acids is 2. The molecule has 1 aromatic heterocycles. The molecule has 0 spiro atoms. The van der Waals surface area contributed by atoms with E-state index in [9.17, 15) is 9.59 Å². The molecule has 0 atom stereocenters. The van der Waals surface area contributed by atoms with Crippen molar-refractivity contribution in [1.29, 1.82) is 0 Å². The number of carbonyl (C=O) groups is 2. The van der Waals surface area contributed by atoms with Gasteiger partial charge in [-0.3, -0.25) is 9.59 Å². The number of anilines is 2. The van der Waals surface area contributed by atoms with Gasteiger partial charge in [0.2, 0.25) is 11.8 Å². The van der Waals surface area contributed by atoms with E-state index >= 15 is 0 Å². The van der Waals surface area contributed by atoms with Gasteiger partial charge in [-0.15, -0.1) is 10.2 Å². The lowest BCUT2D eigenvalue weighted by molar-refractivity contribution is -0.114. The quantitative estimate of drug-likeness (QED) is 0.235. The van der Waals surface area contributed by atoms with Crippen LogP contribution in [0.5, 0.6) is 0 Å². The number of hydrogen-bond acceptors (Lipinski definition) is 7. The molecule has 1 heterocycles. The number of thioether (sulfide) groups is 2. The van der Waals surface area contributed by atoms with Crippen molar-refractivity contribution in [3.63, 3.8) is 0 Å². The van der Waals surface area contributed by atoms with Crippen LogP contribution in [0, 0.1) is 0 Å². The van der Waals surface area contributed by atoms with E-state index in [1.165, 1.54) is 34.9 Å². The third kappa shape index (κ3) is 5.82. The van der Waals surface area contributed by atoms with Gasteiger partial charge in [-0.25, -0.2) is 0 Å². The normalized spacial score (nSPS) is 11.0. The van der Waals surface area contributed by atoms with Gasteiger partial charge in [0.25, 0.3) is 0 Å². The van der Waals surface area contributed by atoms with E-state index < -0.39 is 0 Å². The average molecular weight is 517 g/mol. The molecule has 0 fully saturated rings. The molecule has 5 rings (SSSR count). The summed E-state index contributed by atoms with van der Waals surface area (Å²) in [5.74, 6) is 0.240. The van der Waals surface area contributed by atoms with Gasteiger partial charge >= 0.3 is 0 Å². The summed E-state index contributed by atoms with van der Waals surface area (Å²) in [5.41, 5.74) is 1.58. The first kappa shape index (κ1) is 23.3. The molecule has 0 saturated heterocycles. The molecule has 2 N–H and O–H groups in total. The van der Waals surface area contributed by atoms with Crippen LogP contribution in [0.2, 0.25) is 0 Å². The molecule has 0 radical (unpaired) electrons. The van der Waals surface area contributed by atoms with Crippen LogP contribution in [0.3, 0.4) is 0 Å². The first-order valence-corrected chi connectivity index (χ1v) is 13.6. The van der Waals surface area contributed by atoms with Crippen LogP contribution in [0.25, 0.3) is 21.5 Å². The highest BCUT2D eigenvalue weighted by atomic mass is 32.2. The zero-order valence-electron chi connectivity index (χ0n) is 18.4. The SMILES string of the molecule is O=C(CSc1nnc(SCC(=O)Nc2cccc3ccccc23)s1)Nc1cccc2ccccc12. The number of amides is 2. The van der Waals surface area contributed by atoms with Crippen LogP contribution in [0.1, 0.15) is 0 Å². The van der Waals surface area contributed by atoms with Crippen LogP contribution < -0.4 is 10.6 Å². The van der Waals surface area contributed by atoms with Gasteiger partial charge in [0.1, 0.15) is 0 Å². The van der Waals surface area contributed by atoms with E-state index in [0.29, 0.717) is 8.68 Å². The molecule has 0 aliphatic carbocycles. The lowest BCUT2D eigenvalue weighted by Gasteiger charge is -2.08. The Balaban J connectivity index is 1.12. The predicted molar refractivity (Wildman–Crippen MR) is 147 cm³/mol. The van der Waals surface area contributed by atoms with E-state index in [1.54, 1.807) is 0 Å². The minimum Gasteiger partial charge on any atom is -0.325 e. The van der Waals surface area contributed by atoms with Crippen molar-refractivity contribution in [2.75, 3.05) is 22.1 Å². The first-order valence-electron chi connectivity index (χ1n) is 10.8. The highest BCUT2D eigenvalue weighted by molar-refractivity contribution is 8.03. The number of aromatic nitrogens is 2. The van der Waals surface area contributed by atoms with Crippen molar-refractivity contribution in [3.8, 4) is 0 Å². The molecule has 5 aromatic rings. The maximum Gasteiger partial charge on any atom is 0.234 e. The van der Waals surface area contributed by atoms with Crippen molar-refractivity contribution < 1.29 is 9.59 Å². The smallest absolute Gasteiger partial charge is 0.234 e. The Kier molecular flexibility index (Phi) is 7.27. The van der Waals surface area contributed by atoms with Gasteiger partial charge in [-0.1, -0.05) is 108 Å². The van der Waals surface area contributed by atoms with Gasteiger partial charge in [-0.05, 0) is 22.9 Å². The van der Waals surface area contributed by atoms with Gasteiger partial charge in [0.05, 0.1) is 11.5 Å². The first-order chi connectivity index (χ1) is 17.2. The van der Waals surface area contributed by atoms with Crippen LogP contribution in [-0.2, 0) is 9.59 Å². The molecule has 0 unspecified atom stereocenters. The molecule has 4 aromatic carbocycles. The third-order valence-corrected chi connectivity index (χ3v) is 8.36. The summed E-state index contributed by atoms with van der Waals surface area (Å²) in [6, 6.07) is 27.5. The Morgan fingerprint density at radius 1 is 0.629 bits per heavy atom. The largest absolute Gasteiger partial charge is 0.325 e. The zero-order valence-corrected chi connectivity index (χ0v) is 20.9. The Bertz CT molecular complexity index is 1400. The van der Waals surface area contributed by atoms with Gasteiger partial charge in [0.15, 0.2) is 8.68 Å². The molecule has 0 aliphatic heterocycles. The summed E-state index contributed by atoms with van der Waals surface area (Å²) in [6.45, 7) is 0. The number of benzene rings is 4. The summed E-state index contributed by atoms with van der Waals surface area (Å²) >= 11 is 4.04. The minimum atomic E-state index is -0.106. The third-order valence-electron chi connectivity index (χ3n) is 5.17. The maximum absolute atomic E-state index is 12.5. The Labute approximate surface area is 214 Å². The van der Waals surface area contributed by atoms with Crippen molar-refractivity contribution in [1.82, 2.24) is 10.2 Å². The maximum atomic E-state index is 12.5. The second kappa shape index (κ2) is 10.9. The Hall–Kier alpha value is -3.40. The molecular weight excluding hydrogens is 497 g/mol. The van der Waals surface area contributed by atoms with E-state index in [1.807, 2.05) is 84.9 Å². The minimum absolute atomic E-state index is 0.106. The number of nitrogens with zero attached hydrogens (tertiary/aromatic N) is 2. The van der Waals surface area contributed by atoms with Gasteiger partial charge in [0, 0.05) is 22.1 Å². The topological polar surface area (TPSA) is 84.0 Å². The second-order valence-corrected chi connectivity index (χ2v) is 11.0. The Morgan fingerprint density at radius 2 is 1.06 bits per heavy atom. The monoisotopic (exact) mass is 516 g/mol. The van der Waals surface area contributed by atoms with Crippen molar-refractivity contribution >= 4 is 79.6 Å². The zero-order chi connectivity index (χ0) is 24.0. The van der Waals surface area contributed by atoms with E-state index in [2.05, 4.69) is 20.8 Å². The number of nitrogens with one attached hydrogen (secondary N) is 2. The van der Waals surface area contributed by atoms with Crippen LogP contribution in [0.15, 0.2) is 93.6 Å². The molecule has 174 valence electrons. The molecular formula is C26H20N4O2S3. The number of hydrogen-bond donors (Lipinski definition) is 2. The van der Waals surface area contributed by atoms with Crippen molar-refractivity contribution in [2.45, 2.75) is 8.68 Å². The van der Waals surface area contributed by atoms with Gasteiger partial charge < -0.3 is 10.6 Å². The molecule has 2 amide bonds. The summed E-state index contributed by atoms with van der Waals surface area (Å²) < 4.78 is 1.38. The molecule has 0 saturated carbocycles. The Morgan fingerprint density at radius 3 is 1.54 bits per heavy atom. The highest BCUT2D eigenvalue weighted by Crippen LogP contribution is 2.30. The predicted octanol–water partition coefficient (Wildman–Crippen LogP) is 6.31. The van der Waals surface area contributed by atoms with Crippen LogP contribution in [-0.4, -0.2) is 33.5 Å². The fraction of sp³-hybridized carbons (Fsp3) is 0.0769. The lowest BCUT2D eigenvalue weighted by Crippen LogP contribution is -2.14. The van der Waals surface area contributed by atoms with Crippen LogP contribution in [0.4, 0.5) is 11.4 Å². The standard InChI is InChI=1S/C26H20N4O2S3/c31-23(27-21-13-5-9-17-7-1-3-11-19(17)21)15-33-25-29-30-26(35-25)34-16-24(32)28-22-14-6-10-18-8-2-4-12-20(18)22/h1-14H,15-16H2,(H,27,31)(H,28,32). The number of rotatable bonds is 8. The van der Waals surface area contributed by atoms with E-state index in [0.717, 1.165) is 32.9 Å². The fourth-order valence-corrected chi connectivity index (χ4v) is 6.23. The number of fused-ring (bicyclic) bond motifs is 2. The summed E-state index contributed by atoms with van der Waals surface area (Å²) in [4.78, 5) is 25.0. The molecule has 0 aliphatic rings. The summed E-state index contributed by atoms with van der Waals surface area (Å²) in [7, 11) is 0. The van der Waals surface area contributed by atoms with Crippen molar-refractivity contribution in [3.05, 3.63) is 84.9 Å². The molecule has 0 bridgehead atoms. The molecule has 6 nitrogen and oxygen atoms in total. The average Bonchev–Trinajstić information content (AvgIpc) is 3.35. The highest BCUT2D eigenvalue weighted by Gasteiger charge is 2.12. The van der Waals surface area contributed by atoms with Gasteiger partial charge in [-0.2, -0.15) is 0 Å². The lowest BCUT2D eigenvalue weighted by atomic mass is 10.1. The van der Waals surface area contributed by atoms with E-state index in [-0.39, 0.29) is 23.3 Å². The van der Waals surface area contributed by atoms with Crippen molar-refractivity contribution in [2.24, 2.45) is 0 Å². The summed E-state index contributed by atoms with van der Waals surface area (Å²) in [5, 5.41) is 18.4. The van der Waals surface area contributed by atoms with E-state index in [4.69, 9.17) is 0 Å². The fourth-order valence-electron chi connectivity index (χ4n) is 3.61.